The van der Waals surface area contributed by atoms with Crippen LogP contribution in [0.4, 0.5) is 0 Å². The van der Waals surface area contributed by atoms with Crippen molar-refractivity contribution in [1.82, 2.24) is 0 Å². The predicted octanol–water partition coefficient (Wildman–Crippen LogP) is 3.77. The van der Waals surface area contributed by atoms with Crippen molar-refractivity contribution in [3.05, 3.63) is 23.8 Å². The summed E-state index contributed by atoms with van der Waals surface area (Å²) in [6.45, 7) is 4.29. The van der Waals surface area contributed by atoms with Crippen LogP contribution in [0.25, 0.3) is 0 Å². The highest BCUT2D eigenvalue weighted by Gasteiger charge is 2.17. The van der Waals surface area contributed by atoms with Gasteiger partial charge in [0.1, 0.15) is 17.6 Å². The molecule has 1 atom stereocenters. The van der Waals surface area contributed by atoms with E-state index in [0.29, 0.717) is 19.1 Å². The lowest BCUT2D eigenvalue weighted by molar-refractivity contribution is 0.00703. The van der Waals surface area contributed by atoms with E-state index in [4.69, 9.17) is 25.8 Å². The minimum atomic E-state index is 0.122. The van der Waals surface area contributed by atoms with E-state index in [1.165, 1.54) is 0 Å². The molecule has 1 aromatic carbocycles. The second-order valence-corrected chi connectivity index (χ2v) is 4.98. The molecule has 0 radical (unpaired) electrons. The van der Waals surface area contributed by atoms with Crippen LogP contribution < -0.4 is 9.47 Å². The Morgan fingerprint density at radius 1 is 1.42 bits per heavy atom. The summed E-state index contributed by atoms with van der Waals surface area (Å²) in [6, 6.07) is 5.84. The van der Waals surface area contributed by atoms with Crippen molar-refractivity contribution in [1.29, 1.82) is 0 Å². The van der Waals surface area contributed by atoms with Crippen LogP contribution >= 0.6 is 11.6 Å². The fourth-order valence-electron chi connectivity index (χ4n) is 2.05. The van der Waals surface area contributed by atoms with Gasteiger partial charge < -0.3 is 14.2 Å². The average Bonchev–Trinajstić information content (AvgIpc) is 2.46. The zero-order valence-electron chi connectivity index (χ0n) is 11.4. The van der Waals surface area contributed by atoms with Crippen LogP contribution in [-0.2, 0) is 10.6 Å². The quantitative estimate of drug-likeness (QED) is 0.744. The third-order valence-electron chi connectivity index (χ3n) is 3.07. The molecule has 0 amide bonds. The Labute approximate surface area is 119 Å². The van der Waals surface area contributed by atoms with Gasteiger partial charge in [0.15, 0.2) is 0 Å². The number of hydrogen-bond acceptors (Lipinski definition) is 3. The molecular formula is C15H21ClO3. The summed E-state index contributed by atoms with van der Waals surface area (Å²) in [6.07, 6.45) is 3.19. The molecule has 19 heavy (non-hydrogen) atoms. The van der Waals surface area contributed by atoms with Gasteiger partial charge in [0, 0.05) is 18.2 Å². The minimum absolute atomic E-state index is 0.122. The van der Waals surface area contributed by atoms with Gasteiger partial charge in [-0.1, -0.05) is 13.0 Å². The number of rotatable bonds is 6. The normalized spacial score (nSPS) is 19.2. The predicted molar refractivity (Wildman–Crippen MR) is 76.3 cm³/mol. The van der Waals surface area contributed by atoms with Crippen molar-refractivity contribution in [2.75, 3.05) is 19.8 Å². The largest absolute Gasteiger partial charge is 0.493 e. The highest BCUT2D eigenvalue weighted by atomic mass is 35.5. The van der Waals surface area contributed by atoms with E-state index in [9.17, 15) is 0 Å². The molecule has 3 nitrogen and oxygen atoms in total. The number of benzene rings is 1. The first-order valence-corrected chi connectivity index (χ1v) is 7.43. The first-order chi connectivity index (χ1) is 9.33. The highest BCUT2D eigenvalue weighted by molar-refractivity contribution is 6.17. The second kappa shape index (κ2) is 7.61. The molecular weight excluding hydrogens is 264 g/mol. The minimum Gasteiger partial charge on any atom is -0.493 e. The summed E-state index contributed by atoms with van der Waals surface area (Å²) in [4.78, 5) is 0. The lowest BCUT2D eigenvalue weighted by Crippen LogP contribution is -2.28. The number of alkyl halides is 1. The summed E-state index contributed by atoms with van der Waals surface area (Å²) in [5, 5.41) is 0. The van der Waals surface area contributed by atoms with E-state index >= 15 is 0 Å². The monoisotopic (exact) mass is 284 g/mol. The van der Waals surface area contributed by atoms with Crippen molar-refractivity contribution in [3.63, 3.8) is 0 Å². The van der Waals surface area contributed by atoms with Gasteiger partial charge in [0.2, 0.25) is 0 Å². The van der Waals surface area contributed by atoms with Crippen molar-refractivity contribution in [2.24, 2.45) is 0 Å². The van der Waals surface area contributed by atoms with E-state index in [-0.39, 0.29) is 6.10 Å². The third kappa shape index (κ3) is 4.29. The van der Waals surface area contributed by atoms with Crippen LogP contribution in [0.15, 0.2) is 18.2 Å². The van der Waals surface area contributed by atoms with Gasteiger partial charge in [-0.3, -0.25) is 0 Å². The number of ether oxygens (including phenoxy) is 3. The molecule has 1 aromatic rings. The Kier molecular flexibility index (Phi) is 5.80. The molecule has 0 aliphatic carbocycles. The van der Waals surface area contributed by atoms with E-state index in [2.05, 4.69) is 6.92 Å². The lowest BCUT2D eigenvalue weighted by Gasteiger charge is -2.24. The zero-order chi connectivity index (χ0) is 13.5. The van der Waals surface area contributed by atoms with Gasteiger partial charge in [-0.2, -0.15) is 0 Å². The second-order valence-electron chi connectivity index (χ2n) is 4.71. The maximum absolute atomic E-state index is 6.01. The third-order valence-corrected chi connectivity index (χ3v) is 3.36. The first kappa shape index (κ1) is 14.5. The number of hydrogen-bond donors (Lipinski definition) is 0. The Morgan fingerprint density at radius 2 is 2.32 bits per heavy atom. The molecule has 1 heterocycles. The van der Waals surface area contributed by atoms with Gasteiger partial charge >= 0.3 is 0 Å². The molecule has 106 valence electrons. The summed E-state index contributed by atoms with van der Waals surface area (Å²) < 4.78 is 17.1. The fourth-order valence-corrected chi connectivity index (χ4v) is 2.27. The summed E-state index contributed by atoms with van der Waals surface area (Å²) in [5.41, 5.74) is 0.996. The summed E-state index contributed by atoms with van der Waals surface area (Å²) in [7, 11) is 0. The van der Waals surface area contributed by atoms with Crippen LogP contribution in [0.2, 0.25) is 0 Å². The fraction of sp³-hybridized carbons (Fsp3) is 0.600. The Hall–Kier alpha value is -0.930. The van der Waals surface area contributed by atoms with Crippen molar-refractivity contribution >= 4 is 11.6 Å². The van der Waals surface area contributed by atoms with Gasteiger partial charge in [-0.05, 0) is 25.3 Å². The van der Waals surface area contributed by atoms with Crippen LogP contribution in [0, 0.1) is 0 Å². The van der Waals surface area contributed by atoms with Gasteiger partial charge in [-0.15, -0.1) is 11.6 Å². The molecule has 1 saturated heterocycles. The molecule has 2 rings (SSSR count). The van der Waals surface area contributed by atoms with Crippen LogP contribution in [0.5, 0.6) is 11.5 Å². The Morgan fingerprint density at radius 3 is 3.00 bits per heavy atom. The topological polar surface area (TPSA) is 27.7 Å². The lowest BCUT2D eigenvalue weighted by atomic mass is 10.1. The summed E-state index contributed by atoms with van der Waals surface area (Å²) >= 11 is 5.95. The van der Waals surface area contributed by atoms with Crippen molar-refractivity contribution in [3.8, 4) is 11.5 Å². The van der Waals surface area contributed by atoms with E-state index in [0.717, 1.165) is 42.9 Å². The van der Waals surface area contributed by atoms with Gasteiger partial charge in [-0.25, -0.2) is 0 Å². The smallest absolute Gasteiger partial charge is 0.127 e. The molecule has 1 fully saturated rings. The molecule has 4 heteroatoms. The Bertz CT molecular complexity index is 389. The number of halogens is 1. The molecule has 0 saturated carbocycles. The molecule has 1 aliphatic rings. The molecule has 1 aliphatic heterocycles. The van der Waals surface area contributed by atoms with Gasteiger partial charge in [0.25, 0.3) is 0 Å². The molecule has 0 aromatic heterocycles. The molecule has 0 spiro atoms. The van der Waals surface area contributed by atoms with E-state index < -0.39 is 0 Å². The van der Waals surface area contributed by atoms with E-state index in [1.807, 2.05) is 18.2 Å². The van der Waals surface area contributed by atoms with Crippen molar-refractivity contribution < 1.29 is 14.2 Å². The first-order valence-electron chi connectivity index (χ1n) is 6.89. The molecule has 1 unspecified atom stereocenters. The standard InChI is InChI=1S/C15H21ClO3/c1-2-7-18-13-6-5-12(10-16)15(9-13)19-14-4-3-8-17-11-14/h5-6,9,14H,2-4,7-8,10-11H2,1H3. The van der Waals surface area contributed by atoms with Crippen molar-refractivity contribution in [2.45, 2.75) is 38.2 Å². The van der Waals surface area contributed by atoms with E-state index in [1.54, 1.807) is 0 Å². The molecule has 0 bridgehead atoms. The van der Waals surface area contributed by atoms with Crippen LogP contribution in [-0.4, -0.2) is 25.9 Å². The maximum atomic E-state index is 6.01. The Balaban J connectivity index is 2.06. The zero-order valence-corrected chi connectivity index (χ0v) is 12.1. The maximum Gasteiger partial charge on any atom is 0.127 e. The summed E-state index contributed by atoms with van der Waals surface area (Å²) in [5.74, 6) is 2.10. The van der Waals surface area contributed by atoms with Crippen LogP contribution in [0.1, 0.15) is 31.7 Å². The SMILES string of the molecule is CCCOc1ccc(CCl)c(OC2CCCOC2)c1. The average molecular weight is 285 g/mol. The highest BCUT2D eigenvalue weighted by Crippen LogP contribution is 2.28. The molecule has 0 N–H and O–H groups in total. The van der Waals surface area contributed by atoms with Gasteiger partial charge in [0.05, 0.1) is 19.1 Å². The van der Waals surface area contributed by atoms with Crippen LogP contribution in [0.3, 0.4) is 0 Å².